The van der Waals surface area contributed by atoms with Crippen LogP contribution < -0.4 is 5.32 Å². The molecule has 2 unspecified atom stereocenters. The second kappa shape index (κ2) is 7.11. The molecule has 2 aliphatic heterocycles. The number of nitrogens with one attached hydrogen (secondary N) is 1. The molecule has 0 spiro atoms. The average Bonchev–Trinajstić information content (AvgIpc) is 3.14. The Kier molecular flexibility index (Phi) is 4.67. The van der Waals surface area contributed by atoms with E-state index in [0.29, 0.717) is 28.2 Å². The summed E-state index contributed by atoms with van der Waals surface area (Å²) in [6, 6.07) is 7.15. The smallest absolute Gasteiger partial charge is 0.225 e. The van der Waals surface area contributed by atoms with E-state index >= 15 is 0 Å². The minimum atomic E-state index is -0.253. The molecular formula is C17H15Cl2N5O2. The summed E-state index contributed by atoms with van der Waals surface area (Å²) in [5.41, 5.74) is 1.78. The summed E-state index contributed by atoms with van der Waals surface area (Å²) in [7, 11) is 1.59. The van der Waals surface area contributed by atoms with Gasteiger partial charge in [0.25, 0.3) is 0 Å². The predicted molar refractivity (Wildman–Crippen MR) is 101 cm³/mol. The largest absolute Gasteiger partial charge is 0.363 e. The van der Waals surface area contributed by atoms with Crippen LogP contribution in [0.3, 0.4) is 0 Å². The van der Waals surface area contributed by atoms with Crippen molar-refractivity contribution in [1.82, 2.24) is 10.2 Å². The summed E-state index contributed by atoms with van der Waals surface area (Å²) in [6.07, 6.45) is 5.65. The van der Waals surface area contributed by atoms with Gasteiger partial charge in [-0.1, -0.05) is 34.4 Å². The summed E-state index contributed by atoms with van der Waals surface area (Å²) in [5, 5.41) is 9.68. The Bertz CT molecular complexity index is 874. The molecule has 0 bridgehead atoms. The number of guanidine groups is 1. The van der Waals surface area contributed by atoms with Crippen molar-refractivity contribution in [2.45, 2.75) is 12.6 Å². The van der Waals surface area contributed by atoms with E-state index in [4.69, 9.17) is 32.6 Å². The van der Waals surface area contributed by atoms with Crippen LogP contribution in [-0.2, 0) is 4.84 Å². The molecule has 4 rings (SSSR count). The number of hydrogen-bond acceptors (Lipinski definition) is 7. The second-order valence-electron chi connectivity index (χ2n) is 5.82. The molecule has 26 heavy (non-hydrogen) atoms. The maximum absolute atomic E-state index is 6.36. The molecule has 2 aliphatic rings. The summed E-state index contributed by atoms with van der Waals surface area (Å²) in [5.74, 6) is 0.998. The first-order valence-electron chi connectivity index (χ1n) is 7.92. The zero-order valence-corrected chi connectivity index (χ0v) is 15.3. The Morgan fingerprint density at radius 2 is 2.08 bits per heavy atom. The number of allylic oxidation sites excluding steroid dienone is 1. The third kappa shape index (κ3) is 3.21. The van der Waals surface area contributed by atoms with Gasteiger partial charge in [-0.25, -0.2) is 15.0 Å². The highest BCUT2D eigenvalue weighted by molar-refractivity contribution is 6.37. The van der Waals surface area contributed by atoms with Gasteiger partial charge in [0.2, 0.25) is 5.96 Å². The number of hydroxylamine groups is 2. The Morgan fingerprint density at radius 3 is 2.77 bits per heavy atom. The van der Waals surface area contributed by atoms with E-state index in [1.807, 2.05) is 30.6 Å². The molecule has 1 N–H and O–H groups in total. The van der Waals surface area contributed by atoms with Gasteiger partial charge in [0.15, 0.2) is 12.0 Å². The maximum atomic E-state index is 6.36. The highest BCUT2D eigenvalue weighted by Crippen LogP contribution is 2.39. The maximum Gasteiger partial charge on any atom is 0.225 e. The molecule has 1 aromatic heterocycles. The van der Waals surface area contributed by atoms with Gasteiger partial charge in [-0.05, 0) is 24.1 Å². The molecule has 0 saturated carbocycles. The third-order valence-corrected chi connectivity index (χ3v) is 4.83. The molecule has 0 saturated heterocycles. The minimum absolute atomic E-state index is 0.0187. The fourth-order valence-corrected chi connectivity index (χ4v) is 3.67. The lowest BCUT2D eigenvalue weighted by atomic mass is 9.90. The van der Waals surface area contributed by atoms with Crippen molar-refractivity contribution < 1.29 is 9.36 Å². The van der Waals surface area contributed by atoms with Crippen LogP contribution >= 0.6 is 23.2 Å². The second-order valence-corrected chi connectivity index (χ2v) is 6.63. The van der Waals surface area contributed by atoms with E-state index in [0.717, 1.165) is 11.1 Å². The Labute approximate surface area is 159 Å². The number of aromatic nitrogens is 1. The number of fused-ring (bicyclic) bond motifs is 1. The van der Waals surface area contributed by atoms with Crippen LogP contribution in [0.5, 0.6) is 0 Å². The van der Waals surface area contributed by atoms with Crippen LogP contribution in [-0.4, -0.2) is 35.7 Å². The lowest BCUT2D eigenvalue weighted by molar-refractivity contribution is -0.128. The zero-order chi connectivity index (χ0) is 18.1. The van der Waals surface area contributed by atoms with Gasteiger partial charge >= 0.3 is 0 Å². The van der Waals surface area contributed by atoms with Gasteiger partial charge < -0.3 is 9.84 Å². The number of halogens is 2. The molecule has 1 aromatic carbocycles. The molecule has 7 nitrogen and oxygen atoms in total. The lowest BCUT2D eigenvalue weighted by Gasteiger charge is -2.37. The average molecular weight is 392 g/mol. The molecule has 2 aromatic rings. The minimum Gasteiger partial charge on any atom is -0.363 e. The molecule has 0 fully saturated rings. The van der Waals surface area contributed by atoms with Crippen LogP contribution in [0.4, 0.5) is 5.82 Å². The van der Waals surface area contributed by atoms with Crippen molar-refractivity contribution in [3.63, 3.8) is 0 Å². The van der Waals surface area contributed by atoms with Crippen LogP contribution in [0, 0.1) is 5.92 Å². The number of nitrogens with zero attached hydrogens (tertiary/aromatic N) is 4. The normalized spacial score (nSPS) is 21.9. The predicted octanol–water partition coefficient (Wildman–Crippen LogP) is 4.08. The van der Waals surface area contributed by atoms with Gasteiger partial charge in [0.1, 0.15) is 6.26 Å². The Morgan fingerprint density at radius 1 is 1.27 bits per heavy atom. The summed E-state index contributed by atoms with van der Waals surface area (Å²) in [4.78, 5) is 14.5. The first-order valence-corrected chi connectivity index (χ1v) is 8.68. The number of benzene rings is 1. The Balaban J connectivity index is 1.64. The highest BCUT2D eigenvalue weighted by atomic mass is 35.5. The van der Waals surface area contributed by atoms with E-state index in [9.17, 15) is 0 Å². The van der Waals surface area contributed by atoms with Gasteiger partial charge in [-0.2, -0.15) is 0 Å². The standard InChI is InChI=1S/C17H15Cl2N5O2/c1-25-24-9-11(15-12(18)3-2-4-13(15)19)7-10-8-20-17(22-16(10)24)21-14-5-6-26-23-14/h2-6,8-10,16H,7H2,1H3,(H,21,22,23). The molecule has 0 amide bonds. The summed E-state index contributed by atoms with van der Waals surface area (Å²) < 4.78 is 4.80. The van der Waals surface area contributed by atoms with Crippen molar-refractivity contribution in [2.24, 2.45) is 15.9 Å². The van der Waals surface area contributed by atoms with E-state index in [1.165, 1.54) is 6.26 Å². The molecule has 2 atom stereocenters. The molecular weight excluding hydrogens is 377 g/mol. The van der Waals surface area contributed by atoms with Gasteiger partial charge in [0.05, 0.1) is 7.11 Å². The summed E-state index contributed by atoms with van der Waals surface area (Å²) in [6.45, 7) is 0. The van der Waals surface area contributed by atoms with Crippen molar-refractivity contribution >= 4 is 46.8 Å². The molecule has 134 valence electrons. The first-order chi connectivity index (χ1) is 12.7. The zero-order valence-electron chi connectivity index (χ0n) is 13.8. The fraction of sp³-hybridized carbons (Fsp3) is 0.235. The monoisotopic (exact) mass is 391 g/mol. The van der Waals surface area contributed by atoms with Gasteiger partial charge in [-0.15, -0.1) is 0 Å². The van der Waals surface area contributed by atoms with Gasteiger partial charge in [0, 0.05) is 40.0 Å². The van der Waals surface area contributed by atoms with E-state index in [1.54, 1.807) is 18.2 Å². The first kappa shape index (κ1) is 17.1. The Hall–Kier alpha value is -2.35. The van der Waals surface area contributed by atoms with E-state index in [2.05, 4.69) is 20.5 Å². The number of rotatable bonds is 3. The molecule has 0 radical (unpaired) electrons. The van der Waals surface area contributed by atoms with Crippen molar-refractivity contribution in [2.75, 3.05) is 12.4 Å². The SMILES string of the molecule is CON1C=C(c2c(Cl)cccc2Cl)CC2C=NC(Nc3ccon3)=NC21. The molecule has 3 heterocycles. The topological polar surface area (TPSA) is 75.2 Å². The van der Waals surface area contributed by atoms with E-state index < -0.39 is 0 Å². The number of hydrogen-bond donors (Lipinski definition) is 1. The van der Waals surface area contributed by atoms with Crippen LogP contribution in [0.2, 0.25) is 10.0 Å². The quantitative estimate of drug-likeness (QED) is 0.852. The van der Waals surface area contributed by atoms with Crippen molar-refractivity contribution in [3.8, 4) is 0 Å². The third-order valence-electron chi connectivity index (χ3n) is 4.20. The molecule has 9 heteroatoms. The van der Waals surface area contributed by atoms with Gasteiger partial charge in [-0.3, -0.25) is 4.84 Å². The van der Waals surface area contributed by atoms with Crippen molar-refractivity contribution in [1.29, 1.82) is 0 Å². The fourth-order valence-electron chi connectivity index (χ4n) is 3.03. The van der Waals surface area contributed by atoms with E-state index in [-0.39, 0.29) is 12.1 Å². The highest BCUT2D eigenvalue weighted by Gasteiger charge is 2.34. The van der Waals surface area contributed by atoms with Crippen LogP contribution in [0.25, 0.3) is 5.57 Å². The summed E-state index contributed by atoms with van der Waals surface area (Å²) >= 11 is 12.7. The lowest BCUT2D eigenvalue weighted by Crippen LogP contribution is -2.42. The van der Waals surface area contributed by atoms with Crippen LogP contribution in [0.1, 0.15) is 12.0 Å². The van der Waals surface area contributed by atoms with Crippen LogP contribution in [0.15, 0.2) is 51.2 Å². The van der Waals surface area contributed by atoms with Crippen molar-refractivity contribution in [3.05, 3.63) is 52.3 Å². The molecule has 0 aliphatic carbocycles. The number of anilines is 1. The number of aliphatic imine (C=N–C) groups is 2.